The molecule has 138 valence electrons. The number of thioether (sulfide) groups is 1. The fourth-order valence-electron chi connectivity index (χ4n) is 3.14. The third-order valence-corrected chi connectivity index (χ3v) is 5.13. The van der Waals surface area contributed by atoms with E-state index in [1.165, 1.54) is 17.8 Å². The van der Waals surface area contributed by atoms with Crippen LogP contribution in [0.2, 0.25) is 0 Å². The van der Waals surface area contributed by atoms with Gasteiger partial charge in [-0.2, -0.15) is 5.26 Å². The Kier molecular flexibility index (Phi) is 4.72. The molecule has 1 N–H and O–H groups in total. The maximum Gasteiger partial charge on any atom is 0.270 e. The molecular formula is C21H15FN4OS. The van der Waals surface area contributed by atoms with E-state index >= 15 is 0 Å². The van der Waals surface area contributed by atoms with Gasteiger partial charge in [0.1, 0.15) is 17.4 Å². The molecule has 0 bridgehead atoms. The van der Waals surface area contributed by atoms with E-state index in [-0.39, 0.29) is 11.4 Å². The Bertz CT molecular complexity index is 1290. The van der Waals surface area contributed by atoms with Gasteiger partial charge in [-0.05, 0) is 29.8 Å². The van der Waals surface area contributed by atoms with Crippen LogP contribution >= 0.6 is 11.8 Å². The first-order valence-electron chi connectivity index (χ1n) is 8.52. The molecule has 0 atom stereocenters. The van der Waals surface area contributed by atoms with E-state index in [1.54, 1.807) is 24.5 Å². The van der Waals surface area contributed by atoms with Crippen molar-refractivity contribution in [2.45, 2.75) is 11.7 Å². The Balaban J connectivity index is 1.85. The summed E-state index contributed by atoms with van der Waals surface area (Å²) >= 11 is 1.30. The number of benzene rings is 2. The molecule has 0 spiro atoms. The zero-order valence-corrected chi connectivity index (χ0v) is 15.8. The number of aromatic nitrogens is 3. The third-order valence-electron chi connectivity index (χ3n) is 4.55. The van der Waals surface area contributed by atoms with Gasteiger partial charge in [0.2, 0.25) is 0 Å². The molecule has 7 heteroatoms. The molecule has 2 aromatic carbocycles. The molecule has 0 aliphatic heterocycles. The van der Waals surface area contributed by atoms with Gasteiger partial charge in [0.25, 0.3) is 5.56 Å². The Labute approximate surface area is 164 Å². The van der Waals surface area contributed by atoms with E-state index in [0.29, 0.717) is 28.5 Å². The van der Waals surface area contributed by atoms with Gasteiger partial charge < -0.3 is 9.55 Å². The van der Waals surface area contributed by atoms with Crippen molar-refractivity contribution >= 4 is 22.7 Å². The van der Waals surface area contributed by atoms with Gasteiger partial charge in [-0.1, -0.05) is 42.1 Å². The molecule has 28 heavy (non-hydrogen) atoms. The Morgan fingerprint density at radius 2 is 2.07 bits per heavy atom. The topological polar surface area (TPSA) is 74.5 Å². The number of nitrogens with one attached hydrogen (secondary N) is 1. The fourth-order valence-corrected chi connectivity index (χ4v) is 3.52. The van der Waals surface area contributed by atoms with Crippen LogP contribution in [0.15, 0.2) is 64.7 Å². The Hall–Kier alpha value is -3.37. The van der Waals surface area contributed by atoms with Gasteiger partial charge in [0, 0.05) is 22.8 Å². The largest absolute Gasteiger partial charge is 0.343 e. The van der Waals surface area contributed by atoms with Crippen molar-refractivity contribution in [3.8, 4) is 17.3 Å². The van der Waals surface area contributed by atoms with Crippen molar-refractivity contribution in [2.75, 3.05) is 6.26 Å². The lowest BCUT2D eigenvalue weighted by Gasteiger charge is -2.09. The minimum absolute atomic E-state index is 0.0237. The van der Waals surface area contributed by atoms with E-state index in [2.05, 4.69) is 9.97 Å². The van der Waals surface area contributed by atoms with Crippen LogP contribution < -0.4 is 5.56 Å². The molecule has 2 heterocycles. The van der Waals surface area contributed by atoms with Gasteiger partial charge in [0.15, 0.2) is 5.16 Å². The normalized spacial score (nSPS) is 10.9. The summed E-state index contributed by atoms with van der Waals surface area (Å²) in [6, 6.07) is 16.2. The van der Waals surface area contributed by atoms with Crippen LogP contribution in [-0.4, -0.2) is 20.8 Å². The van der Waals surface area contributed by atoms with Crippen molar-refractivity contribution in [2.24, 2.45) is 0 Å². The first-order valence-corrected chi connectivity index (χ1v) is 9.74. The highest BCUT2D eigenvalue weighted by molar-refractivity contribution is 7.98. The number of nitrogens with zero attached hydrogens (tertiary/aromatic N) is 3. The van der Waals surface area contributed by atoms with E-state index in [4.69, 9.17) is 0 Å². The van der Waals surface area contributed by atoms with E-state index in [9.17, 15) is 14.4 Å². The summed E-state index contributed by atoms with van der Waals surface area (Å²) in [6.07, 6.45) is 3.70. The molecule has 5 nitrogen and oxygen atoms in total. The van der Waals surface area contributed by atoms with Crippen LogP contribution in [0, 0.1) is 17.1 Å². The van der Waals surface area contributed by atoms with Crippen LogP contribution in [-0.2, 0) is 6.54 Å². The SMILES string of the molecule is CSc1nc(-c2ccc3ccn(Cc4ccccc4F)c3c2)c(C#N)c(=O)[nH]1. The zero-order chi connectivity index (χ0) is 19.7. The van der Waals surface area contributed by atoms with Gasteiger partial charge in [0.05, 0.1) is 12.2 Å². The standard InChI is InChI=1S/C21H15FN4OS/c1-28-21-24-19(16(11-23)20(27)25-21)14-7-6-13-8-9-26(18(13)10-14)12-15-4-2-3-5-17(15)22/h2-10H,12H2,1H3,(H,24,25,27). The lowest BCUT2D eigenvalue weighted by atomic mass is 10.1. The second-order valence-electron chi connectivity index (χ2n) is 6.22. The van der Waals surface area contributed by atoms with Crippen molar-refractivity contribution in [1.82, 2.24) is 14.5 Å². The molecule has 0 saturated heterocycles. The molecule has 4 aromatic rings. The number of H-pyrrole nitrogens is 1. The molecule has 0 amide bonds. The Morgan fingerprint density at radius 1 is 1.25 bits per heavy atom. The summed E-state index contributed by atoms with van der Waals surface area (Å²) < 4.78 is 16.0. The molecule has 0 unspecified atom stereocenters. The predicted octanol–water partition coefficient (Wildman–Crippen LogP) is 4.17. The number of hydrogen-bond acceptors (Lipinski definition) is 4. The van der Waals surface area contributed by atoms with Crippen LogP contribution in [0.3, 0.4) is 0 Å². The van der Waals surface area contributed by atoms with Crippen molar-refractivity contribution in [1.29, 1.82) is 5.26 Å². The highest BCUT2D eigenvalue weighted by atomic mass is 32.2. The molecule has 0 radical (unpaired) electrons. The van der Waals surface area contributed by atoms with E-state index in [0.717, 1.165) is 10.9 Å². The maximum absolute atomic E-state index is 14.1. The number of hydrogen-bond donors (Lipinski definition) is 1. The number of rotatable bonds is 4. The third kappa shape index (κ3) is 3.19. The first-order chi connectivity index (χ1) is 13.6. The van der Waals surface area contributed by atoms with Crippen LogP contribution in [0.4, 0.5) is 4.39 Å². The molecule has 4 rings (SSSR count). The lowest BCUT2D eigenvalue weighted by Crippen LogP contribution is -2.14. The molecular weight excluding hydrogens is 375 g/mol. The highest BCUT2D eigenvalue weighted by Gasteiger charge is 2.14. The van der Waals surface area contributed by atoms with Crippen LogP contribution in [0.5, 0.6) is 0 Å². The summed E-state index contributed by atoms with van der Waals surface area (Å²) in [4.78, 5) is 19.2. The fraction of sp³-hybridized carbons (Fsp3) is 0.0952. The van der Waals surface area contributed by atoms with Gasteiger partial charge in [-0.15, -0.1) is 0 Å². The summed E-state index contributed by atoms with van der Waals surface area (Å²) in [6.45, 7) is 0.379. The molecule has 0 saturated carbocycles. The Morgan fingerprint density at radius 3 is 2.82 bits per heavy atom. The zero-order valence-electron chi connectivity index (χ0n) is 14.9. The second kappa shape index (κ2) is 7.33. The average molecular weight is 390 g/mol. The van der Waals surface area contributed by atoms with Gasteiger partial charge >= 0.3 is 0 Å². The maximum atomic E-state index is 14.1. The van der Waals surface area contributed by atoms with E-state index < -0.39 is 5.56 Å². The van der Waals surface area contributed by atoms with Gasteiger partial charge in [-0.25, -0.2) is 9.37 Å². The summed E-state index contributed by atoms with van der Waals surface area (Å²) in [7, 11) is 0. The minimum atomic E-state index is -0.460. The highest BCUT2D eigenvalue weighted by Crippen LogP contribution is 2.27. The summed E-state index contributed by atoms with van der Waals surface area (Å²) in [5, 5.41) is 10.8. The minimum Gasteiger partial charge on any atom is -0.343 e. The number of halogens is 1. The van der Waals surface area contributed by atoms with Gasteiger partial charge in [-0.3, -0.25) is 4.79 Å². The quantitative estimate of drug-likeness (QED) is 0.419. The van der Waals surface area contributed by atoms with Crippen molar-refractivity contribution < 1.29 is 4.39 Å². The molecule has 2 aromatic heterocycles. The number of nitriles is 1. The molecule has 0 aliphatic rings. The first kappa shape index (κ1) is 18.0. The predicted molar refractivity (Wildman–Crippen MR) is 108 cm³/mol. The summed E-state index contributed by atoms with van der Waals surface area (Å²) in [5.74, 6) is -0.256. The molecule has 0 aliphatic carbocycles. The second-order valence-corrected chi connectivity index (χ2v) is 7.01. The van der Waals surface area contributed by atoms with Crippen LogP contribution in [0.25, 0.3) is 22.2 Å². The van der Waals surface area contributed by atoms with Crippen molar-refractivity contribution in [3.63, 3.8) is 0 Å². The van der Waals surface area contributed by atoms with E-state index in [1.807, 2.05) is 41.1 Å². The summed E-state index contributed by atoms with van der Waals surface area (Å²) in [5.41, 5.74) is 1.98. The average Bonchev–Trinajstić information content (AvgIpc) is 3.11. The lowest BCUT2D eigenvalue weighted by molar-refractivity contribution is 0.602. The smallest absolute Gasteiger partial charge is 0.270 e. The number of aromatic amines is 1. The van der Waals surface area contributed by atoms with Crippen molar-refractivity contribution in [3.05, 3.63) is 82.0 Å². The monoisotopic (exact) mass is 390 g/mol. The molecule has 0 fully saturated rings. The van der Waals surface area contributed by atoms with Crippen LogP contribution in [0.1, 0.15) is 11.1 Å². The number of fused-ring (bicyclic) bond motifs is 1.